The number of hydrogen-bond acceptors (Lipinski definition) is 2. The first-order valence-corrected chi connectivity index (χ1v) is 8.41. The third kappa shape index (κ3) is 5.30. The monoisotopic (exact) mass is 319 g/mol. The maximum Gasteiger partial charge on any atom is 0.238 e. The molecule has 1 saturated carbocycles. The second-order valence-corrected chi connectivity index (χ2v) is 6.67. The molecular weight excluding hydrogens is 294 g/mol. The van der Waals surface area contributed by atoms with Gasteiger partial charge in [-0.15, -0.1) is 0 Å². The quantitative estimate of drug-likeness (QED) is 0.585. The van der Waals surface area contributed by atoms with Gasteiger partial charge in [0, 0.05) is 12.1 Å². The predicted octanol–water partition coefficient (Wildman–Crippen LogP) is 3.71. The molecule has 22 heavy (non-hydrogen) atoms. The Balaban J connectivity index is 1.71. The Bertz CT molecular complexity index is 507. The molecule has 0 heterocycles. The first-order chi connectivity index (χ1) is 10.5. The highest BCUT2D eigenvalue weighted by molar-refractivity contribution is 7.80. The number of hydrazine groups is 1. The summed E-state index contributed by atoms with van der Waals surface area (Å²) in [6.45, 7) is 4.32. The van der Waals surface area contributed by atoms with Crippen molar-refractivity contribution >= 4 is 28.9 Å². The lowest BCUT2D eigenvalue weighted by Crippen LogP contribution is -2.44. The van der Waals surface area contributed by atoms with E-state index >= 15 is 0 Å². The Morgan fingerprint density at radius 1 is 1.18 bits per heavy atom. The number of hydrogen-bond donors (Lipinski definition) is 3. The maximum absolute atomic E-state index is 11.8. The molecule has 3 N–H and O–H groups in total. The van der Waals surface area contributed by atoms with E-state index in [0.29, 0.717) is 23.4 Å². The predicted molar refractivity (Wildman–Crippen MR) is 94.6 cm³/mol. The molecule has 4 nitrogen and oxygen atoms in total. The van der Waals surface area contributed by atoms with E-state index in [1.54, 1.807) is 0 Å². The molecule has 120 valence electrons. The van der Waals surface area contributed by atoms with Gasteiger partial charge in [0.05, 0.1) is 0 Å². The molecule has 0 radical (unpaired) electrons. The van der Waals surface area contributed by atoms with E-state index in [2.05, 4.69) is 42.1 Å². The van der Waals surface area contributed by atoms with Crippen LogP contribution in [0, 0.1) is 5.92 Å². The fraction of sp³-hybridized carbons (Fsp3) is 0.529. The number of anilines is 1. The Labute approximate surface area is 138 Å². The van der Waals surface area contributed by atoms with Crippen LogP contribution < -0.4 is 16.2 Å². The standard InChI is InChI=1S/C17H25N3OS/c1-12(2)14-7-9-15(10-8-14)18-17(22)20-19-16(21)11-13-5-3-4-6-13/h7-10,12-13H,3-6,11H2,1-2H3,(H,19,21)(H2,18,20,22). The van der Waals surface area contributed by atoms with Gasteiger partial charge >= 0.3 is 0 Å². The summed E-state index contributed by atoms with van der Waals surface area (Å²) in [6.07, 6.45) is 5.41. The van der Waals surface area contributed by atoms with Crippen molar-refractivity contribution in [3.8, 4) is 0 Å². The molecule has 1 amide bonds. The van der Waals surface area contributed by atoms with Crippen LogP contribution in [-0.2, 0) is 4.79 Å². The highest BCUT2D eigenvalue weighted by Gasteiger charge is 2.18. The van der Waals surface area contributed by atoms with E-state index in [-0.39, 0.29) is 5.91 Å². The first kappa shape index (κ1) is 16.7. The maximum atomic E-state index is 11.8. The molecular formula is C17H25N3OS. The summed E-state index contributed by atoms with van der Waals surface area (Å²) in [5, 5.41) is 3.46. The Hall–Kier alpha value is -1.62. The number of thiocarbonyl (C=S) groups is 1. The highest BCUT2D eigenvalue weighted by atomic mass is 32.1. The summed E-state index contributed by atoms with van der Waals surface area (Å²) >= 11 is 5.18. The smallest absolute Gasteiger partial charge is 0.238 e. The molecule has 0 saturated heterocycles. The summed E-state index contributed by atoms with van der Waals surface area (Å²) in [5.41, 5.74) is 7.63. The molecule has 0 bridgehead atoms. The average Bonchev–Trinajstić information content (AvgIpc) is 2.98. The van der Waals surface area contributed by atoms with E-state index in [1.807, 2.05) is 12.1 Å². The van der Waals surface area contributed by atoms with Gasteiger partial charge in [-0.05, 0) is 54.6 Å². The zero-order valence-electron chi connectivity index (χ0n) is 13.3. The molecule has 1 aliphatic rings. The van der Waals surface area contributed by atoms with Gasteiger partial charge in [-0.2, -0.15) is 0 Å². The van der Waals surface area contributed by atoms with Crippen molar-refractivity contribution in [1.82, 2.24) is 10.9 Å². The van der Waals surface area contributed by atoms with Crippen molar-refractivity contribution < 1.29 is 4.79 Å². The van der Waals surface area contributed by atoms with Gasteiger partial charge in [0.2, 0.25) is 5.91 Å². The van der Waals surface area contributed by atoms with Gasteiger partial charge in [0.1, 0.15) is 0 Å². The molecule has 1 aromatic carbocycles. The van der Waals surface area contributed by atoms with Crippen molar-refractivity contribution in [2.75, 3.05) is 5.32 Å². The van der Waals surface area contributed by atoms with Crippen molar-refractivity contribution in [3.63, 3.8) is 0 Å². The summed E-state index contributed by atoms with van der Waals surface area (Å²) in [4.78, 5) is 11.8. The van der Waals surface area contributed by atoms with Gasteiger partial charge in [-0.3, -0.25) is 15.6 Å². The molecule has 5 heteroatoms. The topological polar surface area (TPSA) is 53.2 Å². The number of carbonyl (C=O) groups is 1. The number of benzene rings is 1. The molecule has 0 aromatic heterocycles. The zero-order chi connectivity index (χ0) is 15.9. The van der Waals surface area contributed by atoms with Crippen molar-refractivity contribution in [3.05, 3.63) is 29.8 Å². The Morgan fingerprint density at radius 3 is 2.41 bits per heavy atom. The van der Waals surface area contributed by atoms with E-state index in [1.165, 1.54) is 18.4 Å². The molecule has 0 spiro atoms. The lowest BCUT2D eigenvalue weighted by Gasteiger charge is -2.14. The fourth-order valence-electron chi connectivity index (χ4n) is 2.77. The van der Waals surface area contributed by atoms with Crippen LogP contribution in [0.1, 0.15) is 57.4 Å². The van der Waals surface area contributed by atoms with E-state index in [0.717, 1.165) is 18.5 Å². The molecule has 0 atom stereocenters. The van der Waals surface area contributed by atoms with Crippen LogP contribution in [0.3, 0.4) is 0 Å². The van der Waals surface area contributed by atoms with Gasteiger partial charge in [0.25, 0.3) is 0 Å². The first-order valence-electron chi connectivity index (χ1n) is 8.00. The molecule has 1 fully saturated rings. The summed E-state index contributed by atoms with van der Waals surface area (Å²) in [6, 6.07) is 8.13. The summed E-state index contributed by atoms with van der Waals surface area (Å²) in [5.74, 6) is 1.05. The van der Waals surface area contributed by atoms with Crippen molar-refractivity contribution in [2.24, 2.45) is 5.92 Å². The minimum absolute atomic E-state index is 0.00575. The van der Waals surface area contributed by atoms with E-state index in [9.17, 15) is 4.79 Å². The Kier molecular flexibility index (Phi) is 6.19. The third-order valence-electron chi connectivity index (χ3n) is 4.10. The fourth-order valence-corrected chi connectivity index (χ4v) is 2.94. The third-order valence-corrected chi connectivity index (χ3v) is 4.30. The van der Waals surface area contributed by atoms with Gasteiger partial charge in [-0.1, -0.05) is 38.8 Å². The van der Waals surface area contributed by atoms with Crippen molar-refractivity contribution in [1.29, 1.82) is 0 Å². The SMILES string of the molecule is CC(C)c1ccc(NC(=S)NNC(=O)CC2CCCC2)cc1. The normalized spacial score (nSPS) is 14.9. The van der Waals surface area contributed by atoms with Crippen molar-refractivity contribution in [2.45, 2.75) is 51.9 Å². The minimum atomic E-state index is 0.00575. The molecule has 2 rings (SSSR count). The Morgan fingerprint density at radius 2 is 1.82 bits per heavy atom. The van der Waals surface area contributed by atoms with Crippen LogP contribution in [0.4, 0.5) is 5.69 Å². The van der Waals surface area contributed by atoms with Gasteiger partial charge < -0.3 is 5.32 Å². The average molecular weight is 319 g/mol. The highest BCUT2D eigenvalue weighted by Crippen LogP contribution is 2.27. The van der Waals surface area contributed by atoms with Crippen LogP contribution in [0.2, 0.25) is 0 Å². The van der Waals surface area contributed by atoms with Crippen LogP contribution in [0.15, 0.2) is 24.3 Å². The zero-order valence-corrected chi connectivity index (χ0v) is 14.1. The lowest BCUT2D eigenvalue weighted by atomic mass is 10.0. The molecule has 1 aromatic rings. The number of nitrogens with one attached hydrogen (secondary N) is 3. The van der Waals surface area contributed by atoms with Gasteiger partial charge in [-0.25, -0.2) is 0 Å². The largest absolute Gasteiger partial charge is 0.331 e. The molecule has 1 aliphatic carbocycles. The van der Waals surface area contributed by atoms with Crippen LogP contribution in [-0.4, -0.2) is 11.0 Å². The van der Waals surface area contributed by atoms with E-state index < -0.39 is 0 Å². The molecule has 0 unspecified atom stereocenters. The summed E-state index contributed by atoms with van der Waals surface area (Å²) < 4.78 is 0. The van der Waals surface area contributed by atoms with Crippen LogP contribution in [0.25, 0.3) is 0 Å². The second kappa shape index (κ2) is 8.13. The van der Waals surface area contributed by atoms with E-state index in [4.69, 9.17) is 12.2 Å². The summed E-state index contributed by atoms with van der Waals surface area (Å²) in [7, 11) is 0. The van der Waals surface area contributed by atoms with Gasteiger partial charge in [0.15, 0.2) is 5.11 Å². The number of amides is 1. The number of rotatable bonds is 4. The minimum Gasteiger partial charge on any atom is -0.331 e. The van der Waals surface area contributed by atoms with Crippen LogP contribution in [0.5, 0.6) is 0 Å². The second-order valence-electron chi connectivity index (χ2n) is 6.26. The molecule has 0 aliphatic heterocycles. The number of carbonyl (C=O) groups excluding carboxylic acids is 1. The van der Waals surface area contributed by atoms with Crippen LogP contribution >= 0.6 is 12.2 Å². The lowest BCUT2D eigenvalue weighted by molar-refractivity contribution is -0.122.